The molecule has 0 saturated carbocycles. The van der Waals surface area contributed by atoms with E-state index >= 15 is 0 Å². The lowest BCUT2D eigenvalue weighted by Gasteiger charge is -2.07. The molecule has 0 radical (unpaired) electrons. The number of hydrogen-bond acceptors (Lipinski definition) is 0. The number of para-hydroxylation sites is 2. The zero-order valence-corrected chi connectivity index (χ0v) is 10.5. The number of aromatic amines is 1. The van der Waals surface area contributed by atoms with Gasteiger partial charge in [-0.2, -0.15) is 0 Å². The summed E-state index contributed by atoms with van der Waals surface area (Å²) >= 11 is 0. The molecule has 0 spiro atoms. The van der Waals surface area contributed by atoms with Crippen molar-refractivity contribution in [1.29, 1.82) is 0 Å². The van der Waals surface area contributed by atoms with Gasteiger partial charge in [0.25, 0.3) is 5.82 Å². The number of fused-ring (bicyclic) bond motifs is 1. The fraction of sp³-hybridized carbons (Fsp3) is 0.500. The maximum Gasteiger partial charge on any atom is 0.258 e. The van der Waals surface area contributed by atoms with Gasteiger partial charge in [-0.15, -0.1) is 0 Å². The number of aryl methyl sites for hydroxylation is 1. The van der Waals surface area contributed by atoms with Gasteiger partial charge in [0.15, 0.2) is 11.0 Å². The lowest BCUT2D eigenvalue weighted by Crippen LogP contribution is -2.37. The molecule has 0 amide bonds. The van der Waals surface area contributed by atoms with Crippen LogP contribution in [0.2, 0.25) is 0 Å². The van der Waals surface area contributed by atoms with Crippen molar-refractivity contribution in [3.05, 3.63) is 30.1 Å². The molecule has 2 heteroatoms. The summed E-state index contributed by atoms with van der Waals surface area (Å²) in [5.74, 6) is 2.03. The van der Waals surface area contributed by atoms with Gasteiger partial charge in [0.1, 0.15) is 0 Å². The highest BCUT2D eigenvalue weighted by atomic mass is 15.1. The Kier molecular flexibility index (Phi) is 3.28. The summed E-state index contributed by atoms with van der Waals surface area (Å²) in [5, 5.41) is 0. The Labute approximate surface area is 97.3 Å². The molecule has 1 N–H and O–H groups in total. The SMILES string of the molecule is CCC(CC)c1[nH]c2ccccc2[n+]1CC. The average Bonchev–Trinajstić information content (AvgIpc) is 2.69. The molecule has 0 unspecified atom stereocenters. The van der Waals surface area contributed by atoms with Crippen LogP contribution >= 0.6 is 0 Å². The first kappa shape index (κ1) is 11.2. The molecule has 0 atom stereocenters. The number of benzene rings is 1. The topological polar surface area (TPSA) is 19.7 Å². The van der Waals surface area contributed by atoms with Crippen molar-refractivity contribution in [3.63, 3.8) is 0 Å². The third kappa shape index (κ3) is 1.73. The van der Waals surface area contributed by atoms with Gasteiger partial charge in [-0.3, -0.25) is 0 Å². The highest BCUT2D eigenvalue weighted by Crippen LogP contribution is 2.21. The number of hydrogen-bond donors (Lipinski definition) is 1. The van der Waals surface area contributed by atoms with Gasteiger partial charge >= 0.3 is 0 Å². The Morgan fingerprint density at radius 2 is 1.81 bits per heavy atom. The standard InChI is InChI=1S/C14H20N2/c1-4-11(5-2)14-15-12-9-7-8-10-13(12)16(14)6-3/h7-11H,4-6H2,1-3H3/p+1. The Morgan fingerprint density at radius 1 is 1.12 bits per heavy atom. The zero-order valence-electron chi connectivity index (χ0n) is 10.5. The summed E-state index contributed by atoms with van der Waals surface area (Å²) < 4.78 is 2.41. The van der Waals surface area contributed by atoms with Crippen molar-refractivity contribution < 1.29 is 4.57 Å². The van der Waals surface area contributed by atoms with E-state index in [2.05, 4.69) is 54.6 Å². The molecule has 16 heavy (non-hydrogen) atoms. The fourth-order valence-corrected chi connectivity index (χ4v) is 2.49. The maximum atomic E-state index is 3.58. The van der Waals surface area contributed by atoms with Gasteiger partial charge in [0.05, 0.1) is 12.5 Å². The summed E-state index contributed by atoms with van der Waals surface area (Å²) in [5.41, 5.74) is 2.58. The minimum Gasteiger partial charge on any atom is -0.241 e. The molecule has 0 saturated heterocycles. The van der Waals surface area contributed by atoms with E-state index in [1.807, 2.05) is 0 Å². The first-order valence-corrected chi connectivity index (χ1v) is 6.32. The normalized spacial score (nSPS) is 11.5. The van der Waals surface area contributed by atoms with Crippen LogP contribution in [0, 0.1) is 0 Å². The Bertz CT molecular complexity index is 467. The van der Waals surface area contributed by atoms with Crippen LogP contribution in [0.5, 0.6) is 0 Å². The minimum atomic E-state index is 0.646. The van der Waals surface area contributed by atoms with E-state index in [4.69, 9.17) is 0 Å². The van der Waals surface area contributed by atoms with Crippen LogP contribution in [0.4, 0.5) is 0 Å². The van der Waals surface area contributed by atoms with Gasteiger partial charge in [0, 0.05) is 0 Å². The predicted octanol–water partition coefficient (Wildman–Crippen LogP) is 3.38. The average molecular weight is 217 g/mol. The molecule has 0 aliphatic rings. The second-order valence-corrected chi connectivity index (χ2v) is 4.29. The van der Waals surface area contributed by atoms with Crippen LogP contribution in [-0.4, -0.2) is 4.98 Å². The van der Waals surface area contributed by atoms with Crippen molar-refractivity contribution in [3.8, 4) is 0 Å². The first-order valence-electron chi connectivity index (χ1n) is 6.32. The van der Waals surface area contributed by atoms with E-state index < -0.39 is 0 Å². The summed E-state index contributed by atoms with van der Waals surface area (Å²) in [6.45, 7) is 7.78. The third-order valence-electron chi connectivity index (χ3n) is 3.44. The van der Waals surface area contributed by atoms with E-state index in [1.54, 1.807) is 0 Å². The lowest BCUT2D eigenvalue weighted by molar-refractivity contribution is -0.676. The molecule has 1 aromatic heterocycles. The summed E-state index contributed by atoms with van der Waals surface area (Å²) in [7, 11) is 0. The van der Waals surface area contributed by atoms with Crippen LogP contribution in [0.25, 0.3) is 11.0 Å². The van der Waals surface area contributed by atoms with Gasteiger partial charge in [0.2, 0.25) is 0 Å². The number of nitrogens with zero attached hydrogens (tertiary/aromatic N) is 1. The zero-order chi connectivity index (χ0) is 11.5. The predicted molar refractivity (Wildman–Crippen MR) is 67.5 cm³/mol. The van der Waals surface area contributed by atoms with E-state index in [-0.39, 0.29) is 0 Å². The van der Waals surface area contributed by atoms with E-state index in [0.29, 0.717) is 5.92 Å². The highest BCUT2D eigenvalue weighted by molar-refractivity contribution is 5.71. The molecule has 0 fully saturated rings. The summed E-state index contributed by atoms with van der Waals surface area (Å²) in [4.78, 5) is 3.58. The third-order valence-corrected chi connectivity index (χ3v) is 3.44. The van der Waals surface area contributed by atoms with Crippen LogP contribution in [0.3, 0.4) is 0 Å². The quantitative estimate of drug-likeness (QED) is 0.758. The summed E-state index contributed by atoms with van der Waals surface area (Å²) in [6.07, 6.45) is 2.40. The van der Waals surface area contributed by atoms with Crippen molar-refractivity contribution in [1.82, 2.24) is 4.98 Å². The van der Waals surface area contributed by atoms with Crippen molar-refractivity contribution in [2.75, 3.05) is 0 Å². The van der Waals surface area contributed by atoms with Crippen LogP contribution in [0.1, 0.15) is 45.4 Å². The largest absolute Gasteiger partial charge is 0.258 e. The van der Waals surface area contributed by atoms with Crippen LogP contribution < -0.4 is 4.57 Å². The highest BCUT2D eigenvalue weighted by Gasteiger charge is 2.22. The second-order valence-electron chi connectivity index (χ2n) is 4.29. The summed E-state index contributed by atoms with van der Waals surface area (Å²) in [6, 6.07) is 8.56. The van der Waals surface area contributed by atoms with Crippen LogP contribution in [0.15, 0.2) is 24.3 Å². The number of nitrogens with one attached hydrogen (secondary N) is 1. The Hall–Kier alpha value is -1.31. The molecule has 86 valence electrons. The lowest BCUT2D eigenvalue weighted by atomic mass is 10.0. The molecule has 2 nitrogen and oxygen atoms in total. The van der Waals surface area contributed by atoms with Crippen molar-refractivity contribution in [2.45, 2.75) is 46.1 Å². The fourth-order valence-electron chi connectivity index (χ4n) is 2.49. The van der Waals surface area contributed by atoms with Gasteiger partial charge < -0.3 is 0 Å². The monoisotopic (exact) mass is 217 g/mol. The van der Waals surface area contributed by atoms with Crippen LogP contribution in [-0.2, 0) is 6.54 Å². The molecule has 0 bridgehead atoms. The number of aromatic nitrogens is 2. The minimum absolute atomic E-state index is 0.646. The smallest absolute Gasteiger partial charge is 0.241 e. The molecular weight excluding hydrogens is 196 g/mol. The van der Waals surface area contributed by atoms with Crippen molar-refractivity contribution in [2.24, 2.45) is 0 Å². The number of H-pyrrole nitrogens is 1. The van der Waals surface area contributed by atoms with E-state index in [0.717, 1.165) is 6.54 Å². The molecule has 1 aromatic carbocycles. The maximum absolute atomic E-state index is 3.58. The molecule has 1 heterocycles. The molecule has 0 aliphatic carbocycles. The molecular formula is C14H21N2+. The Balaban J connectivity index is 2.60. The van der Waals surface area contributed by atoms with Crippen molar-refractivity contribution >= 4 is 11.0 Å². The number of imidazole rings is 1. The van der Waals surface area contributed by atoms with Gasteiger partial charge in [-0.05, 0) is 31.9 Å². The first-order chi connectivity index (χ1) is 7.81. The van der Waals surface area contributed by atoms with E-state index in [1.165, 1.54) is 29.7 Å². The van der Waals surface area contributed by atoms with Gasteiger partial charge in [-0.25, -0.2) is 9.55 Å². The van der Waals surface area contributed by atoms with E-state index in [9.17, 15) is 0 Å². The second kappa shape index (κ2) is 4.69. The molecule has 0 aliphatic heterocycles. The molecule has 2 aromatic rings. The Morgan fingerprint density at radius 3 is 2.44 bits per heavy atom. The number of rotatable bonds is 4. The van der Waals surface area contributed by atoms with Gasteiger partial charge in [-0.1, -0.05) is 26.0 Å². The molecule has 2 rings (SSSR count).